The summed E-state index contributed by atoms with van der Waals surface area (Å²) in [5.41, 5.74) is 0.829. The molecule has 2 N–H and O–H groups in total. The van der Waals surface area contributed by atoms with E-state index in [2.05, 4.69) is 15.6 Å². The van der Waals surface area contributed by atoms with Crippen LogP contribution in [-0.2, 0) is 4.79 Å². The first-order valence-electron chi connectivity index (χ1n) is 9.12. The van der Waals surface area contributed by atoms with Gasteiger partial charge in [-0.05, 0) is 31.9 Å². The summed E-state index contributed by atoms with van der Waals surface area (Å²) in [5, 5.41) is 6.72. The Morgan fingerprint density at radius 3 is 2.56 bits per heavy atom. The number of carbonyl (C=O) groups excluding carboxylic acids is 1. The molecule has 0 radical (unpaired) electrons. The number of nitrogens with zero attached hydrogens (tertiary/aromatic N) is 2. The van der Waals surface area contributed by atoms with Gasteiger partial charge in [0.2, 0.25) is 5.91 Å². The Morgan fingerprint density at radius 2 is 1.96 bits per heavy atom. The Balaban J connectivity index is 0.00000364. The molecule has 0 aromatic heterocycles. The Hall–Kier alpha value is -1.71. The minimum atomic E-state index is -0.0396. The number of nitrogens with one attached hydrogen (secondary N) is 2. The number of hydrogen-bond acceptors (Lipinski definition) is 4. The minimum Gasteiger partial charge on any atom is -0.493 e. The zero-order valence-corrected chi connectivity index (χ0v) is 18.9. The van der Waals surface area contributed by atoms with Gasteiger partial charge in [0.25, 0.3) is 0 Å². The van der Waals surface area contributed by atoms with E-state index in [-0.39, 0.29) is 36.4 Å². The van der Waals surface area contributed by atoms with Crippen molar-refractivity contribution in [1.82, 2.24) is 10.2 Å². The number of aliphatic imine (C=N–C) groups is 1. The van der Waals surface area contributed by atoms with Crippen LogP contribution in [0.25, 0.3) is 0 Å². The van der Waals surface area contributed by atoms with Crippen LogP contribution in [0, 0.1) is 0 Å². The third-order valence-electron chi connectivity index (χ3n) is 4.29. The molecule has 1 saturated carbocycles. The Bertz CT molecular complexity index is 631. The molecule has 1 aliphatic rings. The van der Waals surface area contributed by atoms with Crippen molar-refractivity contribution in [2.75, 3.05) is 39.7 Å². The highest BCUT2D eigenvalue weighted by atomic mass is 127. The quantitative estimate of drug-likeness (QED) is 0.349. The van der Waals surface area contributed by atoms with Crippen molar-refractivity contribution >= 4 is 41.5 Å². The molecule has 7 nitrogen and oxygen atoms in total. The van der Waals surface area contributed by atoms with E-state index < -0.39 is 0 Å². The second-order valence-electron chi connectivity index (χ2n) is 6.50. The van der Waals surface area contributed by atoms with E-state index in [1.54, 1.807) is 21.2 Å². The van der Waals surface area contributed by atoms with Gasteiger partial charge in [0.1, 0.15) is 6.54 Å². The summed E-state index contributed by atoms with van der Waals surface area (Å²) >= 11 is 0. The number of ether oxygens (including phenoxy) is 2. The number of halogens is 1. The molecular formula is C19H31IN4O3. The normalized spacial score (nSPS) is 14.3. The highest BCUT2D eigenvalue weighted by Gasteiger charge is 2.17. The molecule has 2 rings (SSSR count). The van der Waals surface area contributed by atoms with Crippen LogP contribution in [0.2, 0.25) is 0 Å². The number of benzene rings is 1. The van der Waals surface area contributed by atoms with E-state index >= 15 is 0 Å². The van der Waals surface area contributed by atoms with Gasteiger partial charge in [-0.2, -0.15) is 0 Å². The van der Waals surface area contributed by atoms with Crippen LogP contribution < -0.4 is 20.1 Å². The monoisotopic (exact) mass is 490 g/mol. The third-order valence-corrected chi connectivity index (χ3v) is 4.29. The first-order chi connectivity index (χ1) is 12.5. The van der Waals surface area contributed by atoms with Crippen molar-refractivity contribution < 1.29 is 14.3 Å². The average Bonchev–Trinajstić information content (AvgIpc) is 3.13. The lowest BCUT2D eigenvalue weighted by atomic mass is 10.2. The summed E-state index contributed by atoms with van der Waals surface area (Å²) in [6, 6.07) is 6.02. The third kappa shape index (κ3) is 7.43. The van der Waals surface area contributed by atoms with Gasteiger partial charge >= 0.3 is 0 Å². The second-order valence-corrected chi connectivity index (χ2v) is 6.50. The molecule has 0 spiro atoms. The molecule has 8 heteroatoms. The van der Waals surface area contributed by atoms with Gasteiger partial charge < -0.3 is 25.0 Å². The molecule has 0 bridgehead atoms. The second kappa shape index (κ2) is 11.9. The summed E-state index contributed by atoms with van der Waals surface area (Å²) in [6.45, 7) is 2.59. The Kier molecular flexibility index (Phi) is 10.3. The maximum Gasteiger partial charge on any atom is 0.243 e. The fourth-order valence-electron chi connectivity index (χ4n) is 2.83. The largest absolute Gasteiger partial charge is 0.493 e. The van der Waals surface area contributed by atoms with Crippen LogP contribution in [0.3, 0.4) is 0 Å². The molecule has 0 saturated heterocycles. The first-order valence-corrected chi connectivity index (χ1v) is 9.12. The van der Waals surface area contributed by atoms with Crippen LogP contribution in [0.1, 0.15) is 32.6 Å². The first kappa shape index (κ1) is 23.3. The van der Waals surface area contributed by atoms with Crippen LogP contribution in [0.5, 0.6) is 11.5 Å². The summed E-state index contributed by atoms with van der Waals surface area (Å²) in [4.78, 5) is 17.9. The highest BCUT2D eigenvalue weighted by Crippen LogP contribution is 2.30. The van der Waals surface area contributed by atoms with Gasteiger partial charge in [0.05, 0.1) is 13.7 Å². The number of carbonyl (C=O) groups is 1. The molecular weight excluding hydrogens is 459 g/mol. The number of amides is 1. The lowest BCUT2D eigenvalue weighted by Gasteiger charge is -2.19. The van der Waals surface area contributed by atoms with Crippen LogP contribution >= 0.6 is 24.0 Å². The molecule has 1 aromatic rings. The number of hydrogen-bond donors (Lipinski definition) is 2. The van der Waals surface area contributed by atoms with Crippen molar-refractivity contribution in [3.8, 4) is 11.5 Å². The molecule has 1 aromatic carbocycles. The van der Waals surface area contributed by atoms with Crippen molar-refractivity contribution in [2.24, 2.45) is 4.99 Å². The number of methoxy groups -OCH3 is 1. The summed E-state index contributed by atoms with van der Waals surface area (Å²) in [6.07, 6.45) is 4.68. The Labute approximate surface area is 178 Å². The van der Waals surface area contributed by atoms with Crippen molar-refractivity contribution in [1.29, 1.82) is 0 Å². The van der Waals surface area contributed by atoms with Gasteiger partial charge in [-0.15, -0.1) is 24.0 Å². The van der Waals surface area contributed by atoms with E-state index in [9.17, 15) is 4.79 Å². The zero-order chi connectivity index (χ0) is 18.9. The standard InChI is InChI=1S/C19H30N4O3.HI/c1-5-26-17-12-15(10-11-16(17)25-4)22-19(20-13-18(24)23(2)3)21-14-8-6-7-9-14;/h10-12,14H,5-9,13H2,1-4H3,(H2,20,21,22);1H. The number of anilines is 1. The average molecular weight is 490 g/mol. The van der Waals surface area contributed by atoms with Crippen molar-refractivity contribution in [3.63, 3.8) is 0 Å². The summed E-state index contributed by atoms with van der Waals surface area (Å²) in [7, 11) is 5.08. The fraction of sp³-hybridized carbons (Fsp3) is 0.579. The SMILES string of the molecule is CCOc1cc(NC(=NCC(=O)N(C)C)NC2CCCC2)ccc1OC.I. The highest BCUT2D eigenvalue weighted by molar-refractivity contribution is 14.0. The maximum atomic E-state index is 11.9. The van der Waals surface area contributed by atoms with E-state index in [4.69, 9.17) is 9.47 Å². The van der Waals surface area contributed by atoms with Crippen molar-refractivity contribution in [2.45, 2.75) is 38.6 Å². The fourth-order valence-corrected chi connectivity index (χ4v) is 2.83. The van der Waals surface area contributed by atoms with Gasteiger partial charge in [0.15, 0.2) is 17.5 Å². The number of guanidine groups is 1. The minimum absolute atomic E-state index is 0. The topological polar surface area (TPSA) is 75.2 Å². The molecule has 1 amide bonds. The molecule has 1 fully saturated rings. The maximum absolute atomic E-state index is 11.9. The van der Waals surface area contributed by atoms with Crippen LogP contribution in [0.15, 0.2) is 23.2 Å². The molecule has 0 heterocycles. The van der Waals surface area contributed by atoms with E-state index in [1.807, 2.05) is 25.1 Å². The smallest absolute Gasteiger partial charge is 0.243 e. The molecule has 1 aliphatic carbocycles. The zero-order valence-electron chi connectivity index (χ0n) is 16.6. The molecule has 152 valence electrons. The number of likely N-dealkylation sites (N-methyl/N-ethyl adjacent to an activating group) is 1. The van der Waals surface area contributed by atoms with Crippen molar-refractivity contribution in [3.05, 3.63) is 18.2 Å². The molecule has 0 atom stereocenters. The van der Waals surface area contributed by atoms with Gasteiger partial charge in [-0.3, -0.25) is 4.79 Å². The summed E-state index contributed by atoms with van der Waals surface area (Å²) < 4.78 is 10.9. The lowest BCUT2D eigenvalue weighted by molar-refractivity contribution is -0.127. The number of rotatable bonds is 7. The van der Waals surface area contributed by atoms with E-state index in [0.717, 1.165) is 18.5 Å². The molecule has 27 heavy (non-hydrogen) atoms. The summed E-state index contributed by atoms with van der Waals surface area (Å²) in [5.74, 6) is 1.92. The van der Waals surface area contributed by atoms with Crippen LogP contribution in [0.4, 0.5) is 5.69 Å². The van der Waals surface area contributed by atoms with Gasteiger partial charge in [-0.25, -0.2) is 4.99 Å². The van der Waals surface area contributed by atoms with E-state index in [0.29, 0.717) is 30.1 Å². The predicted molar refractivity (Wildman–Crippen MR) is 120 cm³/mol. The van der Waals surface area contributed by atoms with Crippen LogP contribution in [-0.4, -0.2) is 57.2 Å². The lowest BCUT2D eigenvalue weighted by Crippen LogP contribution is -2.38. The Morgan fingerprint density at radius 1 is 1.26 bits per heavy atom. The molecule has 0 unspecified atom stereocenters. The predicted octanol–water partition coefficient (Wildman–Crippen LogP) is 3.10. The molecule has 0 aliphatic heterocycles. The van der Waals surface area contributed by atoms with E-state index in [1.165, 1.54) is 17.7 Å². The van der Waals surface area contributed by atoms with Gasteiger partial charge in [-0.1, -0.05) is 12.8 Å². The van der Waals surface area contributed by atoms with Gasteiger partial charge in [0, 0.05) is 31.9 Å².